The fourth-order valence-corrected chi connectivity index (χ4v) is 4.43. The minimum Gasteiger partial charge on any atom is -0.496 e. The number of rotatable bonds is 6. The van der Waals surface area contributed by atoms with E-state index >= 15 is 0 Å². The second kappa shape index (κ2) is 8.53. The van der Waals surface area contributed by atoms with Crippen LogP contribution in [0.5, 0.6) is 11.5 Å². The highest BCUT2D eigenvalue weighted by Gasteiger charge is 2.24. The Hall–Kier alpha value is -2.05. The molecule has 1 atom stereocenters. The first-order chi connectivity index (χ1) is 13.7. The van der Waals surface area contributed by atoms with Crippen molar-refractivity contribution < 1.29 is 14.2 Å². The summed E-state index contributed by atoms with van der Waals surface area (Å²) in [5.74, 6) is 2.51. The van der Waals surface area contributed by atoms with E-state index in [1.54, 1.807) is 14.2 Å². The number of anilines is 1. The lowest BCUT2D eigenvalue weighted by Crippen LogP contribution is -2.42. The van der Waals surface area contributed by atoms with Crippen LogP contribution in [0.25, 0.3) is 10.9 Å². The second-order valence-corrected chi connectivity index (χ2v) is 7.87. The van der Waals surface area contributed by atoms with Crippen LogP contribution < -0.4 is 14.8 Å². The summed E-state index contributed by atoms with van der Waals surface area (Å²) >= 11 is 0. The van der Waals surface area contributed by atoms with Gasteiger partial charge in [0, 0.05) is 37.7 Å². The van der Waals surface area contributed by atoms with Gasteiger partial charge in [-0.25, -0.2) is 4.98 Å². The van der Waals surface area contributed by atoms with Gasteiger partial charge in [-0.15, -0.1) is 0 Å². The fourth-order valence-electron chi connectivity index (χ4n) is 4.43. The van der Waals surface area contributed by atoms with Crippen molar-refractivity contribution in [3.05, 3.63) is 23.8 Å². The zero-order valence-corrected chi connectivity index (χ0v) is 17.2. The maximum Gasteiger partial charge on any atom is 0.145 e. The van der Waals surface area contributed by atoms with E-state index in [2.05, 4.69) is 23.2 Å². The number of methoxy groups -OCH3 is 2. The molecule has 4 rings (SSSR count). The summed E-state index contributed by atoms with van der Waals surface area (Å²) in [5, 5.41) is 4.66. The number of piperidine rings is 1. The first kappa shape index (κ1) is 19.3. The lowest BCUT2D eigenvalue weighted by Gasteiger charge is -2.33. The molecule has 2 fully saturated rings. The lowest BCUT2D eigenvalue weighted by atomic mass is 10.0. The summed E-state index contributed by atoms with van der Waals surface area (Å²) in [4.78, 5) is 7.40. The van der Waals surface area contributed by atoms with Crippen molar-refractivity contribution in [2.24, 2.45) is 0 Å². The normalized spacial score (nSPS) is 21.2. The molecule has 1 aromatic carbocycles. The lowest BCUT2D eigenvalue weighted by molar-refractivity contribution is 0.0654. The van der Waals surface area contributed by atoms with Crippen molar-refractivity contribution in [2.45, 2.75) is 44.8 Å². The summed E-state index contributed by atoms with van der Waals surface area (Å²) in [7, 11) is 3.37. The Labute approximate surface area is 167 Å². The molecule has 6 heteroatoms. The highest BCUT2D eigenvalue weighted by Crippen LogP contribution is 2.35. The maximum absolute atomic E-state index is 5.78. The monoisotopic (exact) mass is 385 g/mol. The summed E-state index contributed by atoms with van der Waals surface area (Å²) < 4.78 is 16.9. The number of hydrogen-bond donors (Lipinski definition) is 1. The Morgan fingerprint density at radius 2 is 1.89 bits per heavy atom. The number of nitrogens with one attached hydrogen (secondary N) is 1. The maximum atomic E-state index is 5.78. The van der Waals surface area contributed by atoms with E-state index in [-0.39, 0.29) is 0 Å². The molecular formula is C22H31N3O3. The Morgan fingerprint density at radius 1 is 1.14 bits per heavy atom. The van der Waals surface area contributed by atoms with E-state index < -0.39 is 0 Å². The Morgan fingerprint density at radius 3 is 2.57 bits per heavy atom. The van der Waals surface area contributed by atoms with Gasteiger partial charge in [-0.05, 0) is 56.4 Å². The predicted molar refractivity (Wildman–Crippen MR) is 112 cm³/mol. The van der Waals surface area contributed by atoms with Gasteiger partial charge in [-0.1, -0.05) is 0 Å². The Bertz CT molecular complexity index is 812. The molecule has 2 aliphatic rings. The highest BCUT2D eigenvalue weighted by molar-refractivity contribution is 5.94. The molecule has 0 bridgehead atoms. The third kappa shape index (κ3) is 4.03. The van der Waals surface area contributed by atoms with Crippen LogP contribution in [0, 0.1) is 6.92 Å². The molecule has 0 saturated carbocycles. The summed E-state index contributed by atoms with van der Waals surface area (Å²) in [5.41, 5.74) is 1.99. The van der Waals surface area contributed by atoms with Gasteiger partial charge in [0.05, 0.1) is 20.3 Å². The van der Waals surface area contributed by atoms with Gasteiger partial charge < -0.3 is 24.4 Å². The molecule has 152 valence electrons. The largest absolute Gasteiger partial charge is 0.496 e. The average Bonchev–Trinajstić information content (AvgIpc) is 3.21. The molecule has 0 spiro atoms. The number of fused-ring (bicyclic) bond motifs is 1. The molecule has 1 unspecified atom stereocenters. The van der Waals surface area contributed by atoms with Gasteiger partial charge in [0.15, 0.2) is 0 Å². The second-order valence-electron chi connectivity index (χ2n) is 7.87. The number of benzene rings is 1. The summed E-state index contributed by atoms with van der Waals surface area (Å²) in [6, 6.07) is 6.41. The standard InChI is InChI=1S/C22H31N3O3/c1-15-13-20(24-22-19(27-3)7-6-18(26-2)21(15)22)23-16-8-10-25(11-9-16)14-17-5-4-12-28-17/h6-7,13,16-17H,4-5,8-12,14H2,1-3H3,(H,23,24). The van der Waals surface area contributed by atoms with Gasteiger partial charge >= 0.3 is 0 Å². The molecule has 1 aromatic heterocycles. The van der Waals surface area contributed by atoms with Crippen molar-refractivity contribution in [3.8, 4) is 11.5 Å². The fraction of sp³-hybridized carbons (Fsp3) is 0.591. The molecule has 0 radical (unpaired) electrons. The number of pyridine rings is 1. The van der Waals surface area contributed by atoms with E-state index in [4.69, 9.17) is 19.2 Å². The van der Waals surface area contributed by atoms with Gasteiger partial charge in [0.25, 0.3) is 0 Å². The minimum atomic E-state index is 0.441. The molecule has 0 amide bonds. The van der Waals surface area contributed by atoms with Gasteiger partial charge in [-0.2, -0.15) is 0 Å². The van der Waals surface area contributed by atoms with Crippen molar-refractivity contribution in [1.82, 2.24) is 9.88 Å². The highest BCUT2D eigenvalue weighted by atomic mass is 16.5. The van der Waals surface area contributed by atoms with Gasteiger partial charge in [0.1, 0.15) is 22.8 Å². The zero-order chi connectivity index (χ0) is 19.5. The summed E-state index contributed by atoms with van der Waals surface area (Å²) in [6.07, 6.45) is 5.12. The molecule has 2 saturated heterocycles. The zero-order valence-electron chi connectivity index (χ0n) is 17.2. The van der Waals surface area contributed by atoms with Crippen molar-refractivity contribution >= 4 is 16.7 Å². The first-order valence-corrected chi connectivity index (χ1v) is 10.3. The van der Waals surface area contributed by atoms with Crippen LogP contribution in [0.4, 0.5) is 5.82 Å². The van der Waals surface area contributed by atoms with Crippen LogP contribution in [0.3, 0.4) is 0 Å². The average molecular weight is 386 g/mol. The Balaban J connectivity index is 1.45. The molecule has 0 aliphatic carbocycles. The predicted octanol–water partition coefficient (Wildman–Crippen LogP) is 3.62. The van der Waals surface area contributed by atoms with Crippen molar-refractivity contribution in [2.75, 3.05) is 45.8 Å². The number of aryl methyl sites for hydroxylation is 1. The number of hydrogen-bond acceptors (Lipinski definition) is 6. The SMILES string of the molecule is COc1ccc(OC)c2c(C)cc(NC3CCN(CC4CCCO4)CC3)nc12. The molecule has 2 aliphatic heterocycles. The molecule has 28 heavy (non-hydrogen) atoms. The van der Waals surface area contributed by atoms with Crippen molar-refractivity contribution in [3.63, 3.8) is 0 Å². The van der Waals surface area contributed by atoms with Crippen molar-refractivity contribution in [1.29, 1.82) is 0 Å². The third-order valence-electron chi connectivity index (χ3n) is 5.95. The molecule has 3 heterocycles. The third-order valence-corrected chi connectivity index (χ3v) is 5.95. The van der Waals surface area contributed by atoms with Crippen LogP contribution in [-0.2, 0) is 4.74 Å². The smallest absolute Gasteiger partial charge is 0.145 e. The van der Waals surface area contributed by atoms with Crippen LogP contribution in [0.1, 0.15) is 31.2 Å². The molecule has 2 aromatic rings. The molecule has 1 N–H and O–H groups in total. The van der Waals surface area contributed by atoms with E-state index in [0.29, 0.717) is 12.1 Å². The van der Waals surface area contributed by atoms with E-state index in [0.717, 1.165) is 72.9 Å². The number of ether oxygens (including phenoxy) is 3. The molecule has 6 nitrogen and oxygen atoms in total. The van der Waals surface area contributed by atoms with E-state index in [1.807, 2.05) is 12.1 Å². The first-order valence-electron chi connectivity index (χ1n) is 10.3. The topological polar surface area (TPSA) is 55.9 Å². The number of nitrogens with zero attached hydrogens (tertiary/aromatic N) is 2. The Kier molecular flexibility index (Phi) is 5.87. The number of likely N-dealkylation sites (tertiary alicyclic amines) is 1. The van der Waals surface area contributed by atoms with E-state index in [1.165, 1.54) is 12.8 Å². The summed E-state index contributed by atoms with van der Waals surface area (Å²) in [6.45, 7) is 6.34. The molecular weight excluding hydrogens is 354 g/mol. The minimum absolute atomic E-state index is 0.441. The number of aromatic nitrogens is 1. The quantitative estimate of drug-likeness (QED) is 0.820. The van der Waals surface area contributed by atoms with Crippen LogP contribution in [0.15, 0.2) is 18.2 Å². The van der Waals surface area contributed by atoms with Gasteiger partial charge in [-0.3, -0.25) is 0 Å². The van der Waals surface area contributed by atoms with Crippen LogP contribution >= 0.6 is 0 Å². The van der Waals surface area contributed by atoms with Crippen LogP contribution in [-0.4, -0.2) is 62.5 Å². The van der Waals surface area contributed by atoms with Crippen LogP contribution in [0.2, 0.25) is 0 Å². The van der Waals surface area contributed by atoms with Gasteiger partial charge in [0.2, 0.25) is 0 Å². The van der Waals surface area contributed by atoms with E-state index in [9.17, 15) is 0 Å².